The number of benzene rings is 2. The van der Waals surface area contributed by atoms with Crippen LogP contribution in [0.25, 0.3) is 6.08 Å². The van der Waals surface area contributed by atoms with Crippen molar-refractivity contribution >= 4 is 35.2 Å². The second-order valence-electron chi connectivity index (χ2n) is 6.75. The summed E-state index contributed by atoms with van der Waals surface area (Å²) < 4.78 is 5.44. The van der Waals surface area contributed by atoms with Gasteiger partial charge in [-0.05, 0) is 49.7 Å². The average Bonchev–Trinajstić information content (AvgIpc) is 2.68. The Morgan fingerprint density at radius 3 is 2.54 bits per heavy atom. The molecule has 0 aromatic heterocycles. The maximum Gasteiger partial charge on any atom is 0.331 e. The molecule has 0 saturated carbocycles. The Balaban J connectivity index is 2.09. The van der Waals surface area contributed by atoms with E-state index in [0.29, 0.717) is 23.0 Å². The number of carbonyl (C=O) groups excluding carboxylic acids is 1. The predicted molar refractivity (Wildman–Crippen MR) is 117 cm³/mol. The molecule has 1 atom stereocenters. The van der Waals surface area contributed by atoms with Gasteiger partial charge in [0.05, 0.1) is 15.6 Å². The molecule has 0 N–H and O–H groups in total. The Hall–Kier alpha value is -2.07. The lowest BCUT2D eigenvalue weighted by Gasteiger charge is -2.37. The van der Waals surface area contributed by atoms with E-state index in [9.17, 15) is 4.79 Å². The zero-order chi connectivity index (χ0) is 20.6. The van der Waals surface area contributed by atoms with Crippen LogP contribution in [0.1, 0.15) is 18.1 Å². The Bertz CT molecular complexity index is 836. The first-order chi connectivity index (χ1) is 13.3. The van der Waals surface area contributed by atoms with E-state index in [2.05, 4.69) is 11.5 Å². The number of hydrogen-bond acceptors (Lipinski definition) is 3. The summed E-state index contributed by atoms with van der Waals surface area (Å²) >= 11 is 12.2. The molecule has 0 aliphatic rings. The fraction of sp³-hybridized carbons (Fsp3) is 0.217. The van der Waals surface area contributed by atoms with Crippen molar-refractivity contribution in [3.05, 3.63) is 95.0 Å². The van der Waals surface area contributed by atoms with E-state index < -0.39 is 11.5 Å². The van der Waals surface area contributed by atoms with Gasteiger partial charge in [0, 0.05) is 12.6 Å². The van der Waals surface area contributed by atoms with Gasteiger partial charge in [0.25, 0.3) is 0 Å². The fourth-order valence-corrected chi connectivity index (χ4v) is 3.01. The Morgan fingerprint density at radius 1 is 1.18 bits per heavy atom. The van der Waals surface area contributed by atoms with Crippen LogP contribution in [0.15, 0.2) is 67.3 Å². The topological polar surface area (TPSA) is 29.5 Å². The first-order valence-electron chi connectivity index (χ1n) is 8.88. The Labute approximate surface area is 177 Å². The van der Waals surface area contributed by atoms with Crippen LogP contribution >= 0.6 is 23.2 Å². The molecule has 0 aliphatic heterocycles. The normalized spacial score (nSPS) is 13.5. The van der Waals surface area contributed by atoms with Crippen molar-refractivity contribution in [3.8, 4) is 0 Å². The third-order valence-electron chi connectivity index (χ3n) is 4.46. The summed E-state index contributed by atoms with van der Waals surface area (Å²) in [5, 5.41) is 1.00. The highest BCUT2D eigenvalue weighted by atomic mass is 35.5. The van der Waals surface area contributed by atoms with E-state index in [-0.39, 0.29) is 0 Å². The van der Waals surface area contributed by atoms with Gasteiger partial charge in [0.15, 0.2) is 6.61 Å². The second kappa shape index (κ2) is 10.5. The molecule has 0 spiro atoms. The van der Waals surface area contributed by atoms with Gasteiger partial charge in [-0.1, -0.05) is 65.7 Å². The van der Waals surface area contributed by atoms with Gasteiger partial charge in [-0.15, -0.1) is 6.58 Å². The summed E-state index contributed by atoms with van der Waals surface area (Å²) in [7, 11) is 1.95. The number of halogens is 2. The van der Waals surface area contributed by atoms with E-state index >= 15 is 0 Å². The maximum atomic E-state index is 12.2. The van der Waals surface area contributed by atoms with E-state index in [1.165, 1.54) is 6.08 Å². The quantitative estimate of drug-likeness (QED) is 0.292. The van der Waals surface area contributed by atoms with Crippen LogP contribution in [0.3, 0.4) is 0 Å². The lowest BCUT2D eigenvalue weighted by atomic mass is 9.92. The van der Waals surface area contributed by atoms with Gasteiger partial charge in [0.1, 0.15) is 0 Å². The molecule has 28 heavy (non-hydrogen) atoms. The molecule has 147 valence electrons. The molecular weight excluding hydrogens is 393 g/mol. The van der Waals surface area contributed by atoms with E-state index in [1.54, 1.807) is 24.8 Å². The smallest absolute Gasteiger partial charge is 0.331 e. The molecule has 0 aliphatic carbocycles. The molecule has 1 radical (unpaired) electrons. The van der Waals surface area contributed by atoms with Crippen LogP contribution in [0.4, 0.5) is 0 Å². The minimum Gasteiger partial charge on any atom is -0.453 e. The highest BCUT2D eigenvalue weighted by Crippen LogP contribution is 2.28. The van der Waals surface area contributed by atoms with Crippen LogP contribution in [0, 0.1) is 6.61 Å². The monoisotopic (exact) mass is 416 g/mol. The standard InChI is InChI=1S/C23H24Cl2NO2/c1-4-14-26(3)23(2,16-19-10-12-20(24)21(25)15-19)17-28-22(27)13-11-18-8-6-5-7-9-18/h4-13,15,17H,1,14,16H2,2-3H3/t23-/m0/s1. The molecule has 3 nitrogen and oxygen atoms in total. The summed E-state index contributed by atoms with van der Waals surface area (Å²) in [6.45, 7) is 7.98. The van der Waals surface area contributed by atoms with Crippen LogP contribution in [-0.2, 0) is 16.0 Å². The number of rotatable bonds is 9. The molecule has 2 aromatic carbocycles. The van der Waals surface area contributed by atoms with Crippen molar-refractivity contribution in [1.29, 1.82) is 0 Å². The molecule has 0 bridgehead atoms. The summed E-state index contributed by atoms with van der Waals surface area (Å²) in [5.74, 6) is -0.434. The summed E-state index contributed by atoms with van der Waals surface area (Å²) in [6.07, 6.45) is 5.53. The first kappa shape index (κ1) is 22.2. The molecule has 5 heteroatoms. The van der Waals surface area contributed by atoms with Crippen molar-refractivity contribution in [3.63, 3.8) is 0 Å². The van der Waals surface area contributed by atoms with Crippen molar-refractivity contribution in [2.45, 2.75) is 18.9 Å². The van der Waals surface area contributed by atoms with Gasteiger partial charge in [0.2, 0.25) is 0 Å². The van der Waals surface area contributed by atoms with Gasteiger partial charge in [-0.3, -0.25) is 4.90 Å². The molecule has 0 fully saturated rings. The van der Waals surface area contributed by atoms with Gasteiger partial charge in [-0.2, -0.15) is 0 Å². The largest absolute Gasteiger partial charge is 0.453 e. The van der Waals surface area contributed by atoms with Crippen molar-refractivity contribution in [1.82, 2.24) is 4.90 Å². The molecule has 0 heterocycles. The molecular formula is C23H24Cl2NO2. The lowest BCUT2D eigenvalue weighted by molar-refractivity contribution is -0.136. The Morgan fingerprint density at radius 2 is 1.89 bits per heavy atom. The number of hydrogen-bond donors (Lipinski definition) is 0. The third-order valence-corrected chi connectivity index (χ3v) is 5.20. The number of ether oxygens (including phenoxy) is 1. The maximum absolute atomic E-state index is 12.2. The summed E-state index contributed by atoms with van der Waals surface area (Å²) in [5.41, 5.74) is 1.36. The summed E-state index contributed by atoms with van der Waals surface area (Å²) in [4.78, 5) is 14.2. The molecule has 0 unspecified atom stereocenters. The third kappa shape index (κ3) is 6.52. The highest BCUT2D eigenvalue weighted by Gasteiger charge is 2.31. The van der Waals surface area contributed by atoms with Crippen molar-refractivity contribution in [2.24, 2.45) is 0 Å². The number of esters is 1. The zero-order valence-corrected chi connectivity index (χ0v) is 17.6. The lowest BCUT2D eigenvalue weighted by Crippen LogP contribution is -2.47. The number of likely N-dealkylation sites (N-methyl/N-ethyl adjacent to an activating group) is 1. The van der Waals surface area contributed by atoms with Crippen LogP contribution in [-0.4, -0.2) is 30.0 Å². The molecule has 2 aromatic rings. The zero-order valence-electron chi connectivity index (χ0n) is 16.1. The van der Waals surface area contributed by atoms with E-state index in [0.717, 1.165) is 11.1 Å². The van der Waals surface area contributed by atoms with E-state index in [4.69, 9.17) is 27.9 Å². The minimum absolute atomic E-state index is 0.434. The van der Waals surface area contributed by atoms with Crippen LogP contribution in [0.2, 0.25) is 10.0 Å². The fourth-order valence-electron chi connectivity index (χ4n) is 2.68. The van der Waals surface area contributed by atoms with Crippen molar-refractivity contribution in [2.75, 3.05) is 13.6 Å². The van der Waals surface area contributed by atoms with Gasteiger partial charge < -0.3 is 4.74 Å². The van der Waals surface area contributed by atoms with Crippen LogP contribution in [0.5, 0.6) is 0 Å². The van der Waals surface area contributed by atoms with Gasteiger partial charge in [-0.25, -0.2) is 4.79 Å². The first-order valence-corrected chi connectivity index (χ1v) is 9.64. The summed E-state index contributed by atoms with van der Waals surface area (Å²) in [6, 6.07) is 15.1. The predicted octanol–water partition coefficient (Wildman–Crippen LogP) is 5.83. The highest BCUT2D eigenvalue weighted by molar-refractivity contribution is 6.42. The van der Waals surface area contributed by atoms with E-state index in [1.807, 2.05) is 56.4 Å². The minimum atomic E-state index is -0.554. The number of nitrogens with zero attached hydrogens (tertiary/aromatic N) is 1. The Kier molecular flexibility index (Phi) is 8.31. The average molecular weight is 417 g/mol. The molecule has 0 saturated heterocycles. The van der Waals surface area contributed by atoms with Gasteiger partial charge >= 0.3 is 5.97 Å². The molecule has 0 amide bonds. The molecule has 2 rings (SSSR count). The van der Waals surface area contributed by atoms with Crippen molar-refractivity contribution < 1.29 is 9.53 Å². The SMILES string of the molecule is C=CCN(C)[C@](C)([CH]OC(=O)C=Cc1ccccc1)Cc1ccc(Cl)c(Cl)c1. The van der Waals surface area contributed by atoms with Crippen LogP contribution < -0.4 is 0 Å². The number of carbonyl (C=O) groups is 1. The second-order valence-corrected chi connectivity index (χ2v) is 7.56.